The number of carbonyl (C=O) groups excluding carboxylic acids is 1. The van der Waals surface area contributed by atoms with Crippen LogP contribution in [0.1, 0.15) is 41.4 Å². The summed E-state index contributed by atoms with van der Waals surface area (Å²) >= 11 is 0. The highest BCUT2D eigenvalue weighted by Crippen LogP contribution is 2.29. The van der Waals surface area contributed by atoms with Gasteiger partial charge in [0, 0.05) is 38.5 Å². The van der Waals surface area contributed by atoms with Crippen LogP contribution in [-0.2, 0) is 24.2 Å². The van der Waals surface area contributed by atoms with Crippen LogP contribution in [0.25, 0.3) is 0 Å². The molecule has 31 heavy (non-hydrogen) atoms. The zero-order valence-corrected chi connectivity index (χ0v) is 18.4. The van der Waals surface area contributed by atoms with E-state index in [1.807, 2.05) is 30.1 Å². The van der Waals surface area contributed by atoms with Crippen molar-refractivity contribution in [3.8, 4) is 11.5 Å². The zero-order chi connectivity index (χ0) is 22.0. The highest BCUT2D eigenvalue weighted by molar-refractivity contribution is 5.79. The van der Waals surface area contributed by atoms with E-state index in [9.17, 15) is 9.59 Å². The molecule has 0 unspecified atom stereocenters. The van der Waals surface area contributed by atoms with Crippen molar-refractivity contribution in [3.63, 3.8) is 0 Å². The lowest BCUT2D eigenvalue weighted by Gasteiger charge is -2.33. The first-order valence-electron chi connectivity index (χ1n) is 10.8. The molecule has 0 spiro atoms. The van der Waals surface area contributed by atoms with Crippen LogP contribution in [0.3, 0.4) is 0 Å². The van der Waals surface area contributed by atoms with Crippen molar-refractivity contribution in [1.29, 1.82) is 0 Å². The van der Waals surface area contributed by atoms with Crippen molar-refractivity contribution < 1.29 is 14.3 Å². The molecule has 1 amide bonds. The summed E-state index contributed by atoms with van der Waals surface area (Å²) in [5, 5.41) is 0. The SMILES string of the molecule is COc1ccc(CC(=O)N2CCC[C@@H](c3nc4c(c(=O)[nH]3)CN(C)CC4)C2)cc1OC. The number of aromatic nitrogens is 2. The number of piperidine rings is 1. The second-order valence-corrected chi connectivity index (χ2v) is 8.41. The molecule has 0 bridgehead atoms. The smallest absolute Gasteiger partial charge is 0.255 e. The minimum atomic E-state index is -0.0414. The number of benzene rings is 1. The molecule has 2 aliphatic heterocycles. The molecule has 0 saturated carbocycles. The van der Waals surface area contributed by atoms with Gasteiger partial charge in [0.15, 0.2) is 11.5 Å². The van der Waals surface area contributed by atoms with Crippen LogP contribution >= 0.6 is 0 Å². The monoisotopic (exact) mass is 426 g/mol. The van der Waals surface area contributed by atoms with Crippen LogP contribution < -0.4 is 15.0 Å². The molecule has 1 fully saturated rings. The van der Waals surface area contributed by atoms with Crippen molar-refractivity contribution in [2.45, 2.75) is 38.1 Å². The molecule has 8 nitrogen and oxygen atoms in total. The fraction of sp³-hybridized carbons (Fsp3) is 0.522. The molecule has 4 rings (SSSR count). The lowest BCUT2D eigenvalue weighted by Crippen LogP contribution is -2.41. The number of nitrogens with zero attached hydrogens (tertiary/aromatic N) is 3. The van der Waals surface area contributed by atoms with Gasteiger partial charge in [-0.05, 0) is 37.6 Å². The number of nitrogens with one attached hydrogen (secondary N) is 1. The second-order valence-electron chi connectivity index (χ2n) is 8.41. The zero-order valence-electron chi connectivity index (χ0n) is 18.4. The van der Waals surface area contributed by atoms with Crippen molar-refractivity contribution in [2.24, 2.45) is 0 Å². The normalized spacial score (nSPS) is 19.1. The lowest BCUT2D eigenvalue weighted by molar-refractivity contribution is -0.131. The third kappa shape index (κ3) is 4.58. The van der Waals surface area contributed by atoms with E-state index in [2.05, 4.69) is 9.88 Å². The molecular weight excluding hydrogens is 396 g/mol. The Kier molecular flexibility index (Phi) is 6.27. The number of likely N-dealkylation sites (tertiary alicyclic amines) is 1. The number of ether oxygens (including phenoxy) is 2. The molecular formula is C23H30N4O4. The second kappa shape index (κ2) is 9.09. The van der Waals surface area contributed by atoms with Gasteiger partial charge in [0.1, 0.15) is 5.82 Å². The van der Waals surface area contributed by atoms with Gasteiger partial charge in [-0.3, -0.25) is 9.59 Å². The molecule has 1 aromatic carbocycles. The van der Waals surface area contributed by atoms with E-state index in [4.69, 9.17) is 14.5 Å². The van der Waals surface area contributed by atoms with Crippen LogP contribution in [0.5, 0.6) is 11.5 Å². The van der Waals surface area contributed by atoms with E-state index < -0.39 is 0 Å². The Morgan fingerprint density at radius 1 is 1.23 bits per heavy atom. The maximum atomic E-state index is 13.0. The molecule has 0 radical (unpaired) electrons. The summed E-state index contributed by atoms with van der Waals surface area (Å²) in [5.41, 5.74) is 2.52. The van der Waals surface area contributed by atoms with Gasteiger partial charge in [-0.2, -0.15) is 0 Å². The average Bonchev–Trinajstić information content (AvgIpc) is 2.79. The molecule has 1 aromatic heterocycles. The summed E-state index contributed by atoms with van der Waals surface area (Å²) in [7, 11) is 5.19. The minimum Gasteiger partial charge on any atom is -0.493 e. The number of aromatic amines is 1. The summed E-state index contributed by atoms with van der Waals surface area (Å²) in [6.07, 6.45) is 2.90. The fourth-order valence-corrected chi connectivity index (χ4v) is 4.48. The Morgan fingerprint density at radius 2 is 2.03 bits per heavy atom. The Hall–Kier alpha value is -2.87. The van der Waals surface area contributed by atoms with Gasteiger partial charge in [-0.15, -0.1) is 0 Å². The number of amides is 1. The number of H-pyrrole nitrogens is 1. The Morgan fingerprint density at radius 3 is 2.81 bits per heavy atom. The van der Waals surface area contributed by atoms with Crippen molar-refractivity contribution >= 4 is 5.91 Å². The highest BCUT2D eigenvalue weighted by Gasteiger charge is 2.28. The molecule has 0 aliphatic carbocycles. The first-order chi connectivity index (χ1) is 15.0. The summed E-state index contributed by atoms with van der Waals surface area (Å²) < 4.78 is 10.6. The predicted molar refractivity (Wildman–Crippen MR) is 117 cm³/mol. The Bertz CT molecular complexity index is 1020. The first-order valence-corrected chi connectivity index (χ1v) is 10.8. The number of likely N-dealkylation sites (N-methyl/N-ethyl adjacent to an activating group) is 1. The average molecular weight is 427 g/mol. The number of fused-ring (bicyclic) bond motifs is 1. The van der Waals surface area contributed by atoms with E-state index in [-0.39, 0.29) is 17.4 Å². The van der Waals surface area contributed by atoms with Gasteiger partial charge in [0.25, 0.3) is 5.56 Å². The van der Waals surface area contributed by atoms with Gasteiger partial charge in [-0.25, -0.2) is 4.98 Å². The molecule has 1 atom stereocenters. The molecule has 2 aromatic rings. The Balaban J connectivity index is 1.47. The quantitative estimate of drug-likeness (QED) is 0.783. The first kappa shape index (κ1) is 21.4. The summed E-state index contributed by atoms with van der Waals surface area (Å²) in [6, 6.07) is 5.55. The predicted octanol–water partition coefficient (Wildman–Crippen LogP) is 1.72. The van der Waals surface area contributed by atoms with Gasteiger partial charge < -0.3 is 24.3 Å². The van der Waals surface area contributed by atoms with E-state index in [1.165, 1.54) is 0 Å². The van der Waals surface area contributed by atoms with Crippen LogP contribution in [0, 0.1) is 0 Å². The molecule has 3 heterocycles. The van der Waals surface area contributed by atoms with Gasteiger partial charge in [0.2, 0.25) is 5.91 Å². The fourth-order valence-electron chi connectivity index (χ4n) is 4.48. The van der Waals surface area contributed by atoms with Crippen molar-refractivity contribution in [2.75, 3.05) is 40.9 Å². The van der Waals surface area contributed by atoms with Crippen LogP contribution in [-0.4, -0.2) is 66.6 Å². The van der Waals surface area contributed by atoms with Crippen LogP contribution in [0.2, 0.25) is 0 Å². The number of rotatable bonds is 5. The third-order valence-electron chi connectivity index (χ3n) is 6.24. The molecule has 1 N–H and O–H groups in total. The van der Waals surface area contributed by atoms with Crippen molar-refractivity contribution in [1.82, 2.24) is 19.8 Å². The topological polar surface area (TPSA) is 87.8 Å². The van der Waals surface area contributed by atoms with E-state index in [0.717, 1.165) is 55.0 Å². The number of carbonyl (C=O) groups is 1. The summed E-state index contributed by atoms with van der Waals surface area (Å²) in [4.78, 5) is 37.4. The maximum Gasteiger partial charge on any atom is 0.255 e. The largest absolute Gasteiger partial charge is 0.493 e. The molecule has 2 aliphatic rings. The molecule has 166 valence electrons. The van der Waals surface area contributed by atoms with Crippen molar-refractivity contribution in [3.05, 3.63) is 51.2 Å². The summed E-state index contributed by atoms with van der Waals surface area (Å²) in [6.45, 7) is 2.85. The van der Waals surface area contributed by atoms with E-state index in [0.29, 0.717) is 31.0 Å². The summed E-state index contributed by atoms with van der Waals surface area (Å²) in [5.74, 6) is 2.10. The molecule has 1 saturated heterocycles. The lowest BCUT2D eigenvalue weighted by atomic mass is 9.95. The Labute approximate surface area is 182 Å². The van der Waals surface area contributed by atoms with Gasteiger partial charge in [0.05, 0.1) is 31.9 Å². The minimum absolute atomic E-state index is 0.0414. The van der Waals surface area contributed by atoms with Gasteiger partial charge >= 0.3 is 0 Å². The van der Waals surface area contributed by atoms with E-state index in [1.54, 1.807) is 14.2 Å². The number of hydrogen-bond donors (Lipinski definition) is 1. The number of methoxy groups -OCH3 is 2. The maximum absolute atomic E-state index is 13.0. The van der Waals surface area contributed by atoms with Gasteiger partial charge in [-0.1, -0.05) is 6.07 Å². The third-order valence-corrected chi connectivity index (χ3v) is 6.24. The standard InChI is InChI=1S/C23H30N4O4/c1-26-10-8-18-17(14-26)23(29)25-22(24-18)16-5-4-9-27(13-16)21(28)12-15-6-7-19(30-2)20(11-15)31-3/h6-7,11,16H,4-5,8-10,12-14H2,1-3H3,(H,24,25,29)/t16-/m1/s1. The van der Waals surface area contributed by atoms with E-state index >= 15 is 0 Å². The van der Waals surface area contributed by atoms with Crippen LogP contribution in [0.4, 0.5) is 0 Å². The molecule has 8 heteroatoms. The van der Waals surface area contributed by atoms with Crippen LogP contribution in [0.15, 0.2) is 23.0 Å². The number of hydrogen-bond acceptors (Lipinski definition) is 6. The highest BCUT2D eigenvalue weighted by atomic mass is 16.5.